The van der Waals surface area contributed by atoms with Crippen molar-refractivity contribution < 1.29 is 0 Å². The van der Waals surface area contributed by atoms with Crippen molar-refractivity contribution in [1.29, 1.82) is 0 Å². The molecule has 1 unspecified atom stereocenters. The molecule has 0 saturated heterocycles. The van der Waals surface area contributed by atoms with Gasteiger partial charge in [-0.05, 0) is 80.4 Å². The van der Waals surface area contributed by atoms with E-state index in [-0.39, 0.29) is 11.6 Å². The van der Waals surface area contributed by atoms with Gasteiger partial charge in [0, 0.05) is 27.7 Å². The zero-order valence-electron chi connectivity index (χ0n) is 37.8. The monoisotopic (exact) mass is 863 g/mol. The number of benzene rings is 9. The van der Waals surface area contributed by atoms with Crippen molar-refractivity contribution in [2.24, 2.45) is 5.41 Å². The Kier molecular flexibility index (Phi) is 10.8. The van der Waals surface area contributed by atoms with Crippen LogP contribution >= 0.6 is 0 Å². The van der Waals surface area contributed by atoms with Gasteiger partial charge >= 0.3 is 0 Å². The summed E-state index contributed by atoms with van der Waals surface area (Å²) in [4.78, 5) is 18.0. The molecule has 1 aromatic heterocycles. The summed E-state index contributed by atoms with van der Waals surface area (Å²) in [7, 11) is 0. The molecule has 10 aromatic rings. The largest absolute Gasteiger partial charge is 0.363 e. The Balaban J connectivity index is 1.03. The third kappa shape index (κ3) is 8.17. The number of rotatable bonds is 9. The summed E-state index contributed by atoms with van der Waals surface area (Å²) >= 11 is 0. The molecule has 0 spiro atoms. The summed E-state index contributed by atoms with van der Waals surface area (Å²) in [5, 5.41) is 4.00. The van der Waals surface area contributed by atoms with Crippen LogP contribution in [-0.2, 0) is 0 Å². The number of hydrogen-bond acceptors (Lipinski definition) is 5. The van der Waals surface area contributed by atoms with Gasteiger partial charge in [-0.2, -0.15) is 0 Å². The second-order valence-electron chi connectivity index (χ2n) is 18.2. The lowest BCUT2D eigenvalue weighted by molar-refractivity contribution is 0.351. The topological polar surface area (TPSA) is 53.9 Å². The van der Waals surface area contributed by atoms with Crippen LogP contribution in [0.25, 0.3) is 89.8 Å². The fraction of sp³-hybridized carbons (Fsp3) is 0.0806. The number of fused-ring (bicyclic) bond motifs is 1. The highest BCUT2D eigenvalue weighted by Gasteiger charge is 2.39. The molecule has 0 bridgehead atoms. The van der Waals surface area contributed by atoms with Crippen LogP contribution in [0.1, 0.15) is 20.8 Å². The third-order valence-corrected chi connectivity index (χ3v) is 12.6. The Labute approximate surface area is 393 Å². The first kappa shape index (κ1) is 41.3. The van der Waals surface area contributed by atoms with Gasteiger partial charge in [-0.25, -0.2) is 15.0 Å². The van der Waals surface area contributed by atoms with Gasteiger partial charge < -0.3 is 10.2 Å². The van der Waals surface area contributed by atoms with E-state index in [9.17, 15) is 0 Å². The van der Waals surface area contributed by atoms with Gasteiger partial charge in [-0.3, -0.25) is 0 Å². The molecule has 0 saturated carbocycles. The first-order valence-electron chi connectivity index (χ1n) is 23.0. The van der Waals surface area contributed by atoms with Crippen LogP contribution < -0.4 is 10.2 Å². The number of para-hydroxylation sites is 1. The summed E-state index contributed by atoms with van der Waals surface area (Å²) in [5.74, 6) is 1.87. The van der Waals surface area contributed by atoms with Gasteiger partial charge in [0.05, 0.1) is 17.1 Å². The molecule has 0 fully saturated rings. The van der Waals surface area contributed by atoms with Gasteiger partial charge in [-0.15, -0.1) is 0 Å². The Morgan fingerprint density at radius 1 is 0.328 bits per heavy atom. The van der Waals surface area contributed by atoms with Crippen molar-refractivity contribution in [3.05, 3.63) is 231 Å². The quantitative estimate of drug-likeness (QED) is 0.157. The lowest BCUT2D eigenvalue weighted by atomic mass is 9.90. The average Bonchev–Trinajstić information content (AvgIpc) is 3.79. The van der Waals surface area contributed by atoms with Crippen molar-refractivity contribution in [3.8, 4) is 89.8 Å². The molecule has 9 aromatic carbocycles. The normalized spacial score (nSPS) is 13.2. The molecule has 0 aliphatic carbocycles. The molecule has 5 heteroatoms. The number of nitrogens with zero attached hydrogens (tertiary/aromatic N) is 4. The number of hydrogen-bond donors (Lipinski definition) is 1. The van der Waals surface area contributed by atoms with Gasteiger partial charge in [0.15, 0.2) is 17.5 Å². The van der Waals surface area contributed by atoms with Crippen LogP contribution in [0.2, 0.25) is 0 Å². The Morgan fingerprint density at radius 2 is 0.761 bits per heavy atom. The van der Waals surface area contributed by atoms with Crippen LogP contribution in [0.5, 0.6) is 0 Å². The van der Waals surface area contributed by atoms with E-state index in [1.807, 2.05) is 24.3 Å². The molecule has 11 rings (SSSR count). The Morgan fingerprint density at radius 3 is 1.39 bits per heavy atom. The molecule has 322 valence electrons. The van der Waals surface area contributed by atoms with Crippen molar-refractivity contribution in [2.75, 3.05) is 10.2 Å². The molecular weight excluding hydrogens is 815 g/mol. The van der Waals surface area contributed by atoms with Crippen LogP contribution in [0, 0.1) is 5.41 Å². The minimum Gasteiger partial charge on any atom is -0.363 e. The maximum Gasteiger partial charge on any atom is 0.164 e. The summed E-state index contributed by atoms with van der Waals surface area (Å²) in [6.07, 6.45) is -0.0209. The lowest BCUT2D eigenvalue weighted by Crippen LogP contribution is -2.43. The van der Waals surface area contributed by atoms with E-state index in [1.54, 1.807) is 0 Å². The Hall–Kier alpha value is -8.41. The van der Waals surface area contributed by atoms with Crippen LogP contribution in [0.4, 0.5) is 17.1 Å². The van der Waals surface area contributed by atoms with Gasteiger partial charge in [0.25, 0.3) is 0 Å². The molecule has 0 radical (unpaired) electrons. The maximum atomic E-state index is 5.24. The van der Waals surface area contributed by atoms with E-state index in [0.717, 1.165) is 67.1 Å². The standard InChI is InChI=1S/C62H49N5/c1-62(2,3)61-63-55-40-53(43-24-10-5-11-25-43)54(44-26-12-6-13-27-44)41-57(55)67(61)56-37-19-18-35-51(56)48-32-21-31-47(39-48)50-34-16-17-36-52(50)60-65-58(45-28-14-7-15-29-45)64-59(66-60)49-33-20-30-46(38-49)42-22-8-4-9-23-42/h4-41,61,63H,1-3H3. The minimum absolute atomic E-state index is 0.0209. The predicted molar refractivity (Wildman–Crippen MR) is 279 cm³/mol. The second-order valence-corrected chi connectivity index (χ2v) is 18.2. The van der Waals surface area contributed by atoms with E-state index < -0.39 is 0 Å². The van der Waals surface area contributed by atoms with Gasteiger partial charge in [0.2, 0.25) is 0 Å². The van der Waals surface area contributed by atoms with E-state index in [1.165, 1.54) is 22.3 Å². The zero-order chi connectivity index (χ0) is 45.3. The second kappa shape index (κ2) is 17.5. The van der Waals surface area contributed by atoms with Crippen molar-refractivity contribution in [2.45, 2.75) is 26.9 Å². The minimum atomic E-state index is -0.127. The molecule has 1 aliphatic rings. The number of anilines is 3. The van der Waals surface area contributed by atoms with E-state index in [4.69, 9.17) is 15.0 Å². The summed E-state index contributed by atoms with van der Waals surface area (Å²) in [5.41, 5.74) is 17.5. The summed E-state index contributed by atoms with van der Waals surface area (Å²) in [6, 6.07) is 81.4. The van der Waals surface area contributed by atoms with E-state index >= 15 is 0 Å². The fourth-order valence-electron chi connectivity index (χ4n) is 9.36. The first-order valence-corrected chi connectivity index (χ1v) is 23.0. The van der Waals surface area contributed by atoms with Crippen molar-refractivity contribution >= 4 is 17.1 Å². The van der Waals surface area contributed by atoms with Crippen LogP contribution in [-0.4, -0.2) is 21.1 Å². The number of nitrogens with one attached hydrogen (secondary N) is 1. The molecular formula is C62H49N5. The number of aromatic nitrogens is 3. The fourth-order valence-corrected chi connectivity index (χ4v) is 9.36. The SMILES string of the molecule is CC(C)(C)C1Nc2cc(-c3ccccc3)c(-c3ccccc3)cc2N1c1ccccc1-c1cccc(-c2ccccc2-c2nc(-c3ccccc3)nc(-c3cccc(-c4ccccc4)c3)n2)c1. The molecule has 0 amide bonds. The molecule has 2 heterocycles. The Bertz CT molecular complexity index is 3360. The highest BCUT2D eigenvalue weighted by Crippen LogP contribution is 2.51. The van der Waals surface area contributed by atoms with Crippen molar-refractivity contribution in [1.82, 2.24) is 15.0 Å². The van der Waals surface area contributed by atoms with Gasteiger partial charge in [0.1, 0.15) is 6.17 Å². The van der Waals surface area contributed by atoms with Gasteiger partial charge in [-0.1, -0.05) is 221 Å². The maximum absolute atomic E-state index is 5.24. The lowest BCUT2D eigenvalue weighted by Gasteiger charge is -2.37. The average molecular weight is 864 g/mol. The van der Waals surface area contributed by atoms with Crippen molar-refractivity contribution in [3.63, 3.8) is 0 Å². The highest BCUT2D eigenvalue weighted by atomic mass is 15.3. The molecule has 1 atom stereocenters. The first-order chi connectivity index (χ1) is 32.9. The molecule has 5 nitrogen and oxygen atoms in total. The molecule has 1 aliphatic heterocycles. The highest BCUT2D eigenvalue weighted by molar-refractivity contribution is 5.97. The smallest absolute Gasteiger partial charge is 0.164 e. The van der Waals surface area contributed by atoms with E-state index in [2.05, 4.69) is 237 Å². The predicted octanol–water partition coefficient (Wildman–Crippen LogP) is 16.1. The van der Waals surface area contributed by atoms with E-state index in [0.29, 0.717) is 17.5 Å². The summed E-state index contributed by atoms with van der Waals surface area (Å²) in [6.45, 7) is 6.95. The molecule has 67 heavy (non-hydrogen) atoms. The van der Waals surface area contributed by atoms with Crippen LogP contribution in [0.15, 0.2) is 231 Å². The summed E-state index contributed by atoms with van der Waals surface area (Å²) < 4.78 is 0. The third-order valence-electron chi connectivity index (χ3n) is 12.6. The van der Waals surface area contributed by atoms with Crippen LogP contribution in [0.3, 0.4) is 0 Å². The molecule has 1 N–H and O–H groups in total. The zero-order valence-corrected chi connectivity index (χ0v) is 37.8.